The Balaban J connectivity index is 2.41. The van der Waals surface area contributed by atoms with E-state index in [4.69, 9.17) is 11.2 Å². The third-order valence-electron chi connectivity index (χ3n) is 2.36. The second kappa shape index (κ2) is 7.92. The van der Waals surface area contributed by atoms with Gasteiger partial charge in [0, 0.05) is 26.6 Å². The molecule has 0 heterocycles. The summed E-state index contributed by atoms with van der Waals surface area (Å²) >= 11 is 0. The molecule has 0 spiro atoms. The summed E-state index contributed by atoms with van der Waals surface area (Å²) in [7, 11) is 1.72. The van der Waals surface area contributed by atoms with Crippen LogP contribution >= 0.6 is 0 Å². The highest BCUT2D eigenvalue weighted by Gasteiger charge is 2.04. The van der Waals surface area contributed by atoms with Gasteiger partial charge in [-0.3, -0.25) is 4.90 Å². The highest BCUT2D eigenvalue weighted by atomic mass is 16.5. The first-order valence-electron chi connectivity index (χ1n) is 5.55. The van der Waals surface area contributed by atoms with Crippen molar-refractivity contribution >= 4 is 0 Å². The average molecular weight is 217 g/mol. The van der Waals surface area contributed by atoms with Crippen molar-refractivity contribution in [2.45, 2.75) is 19.4 Å². The number of rotatable bonds is 7. The van der Waals surface area contributed by atoms with E-state index in [0.717, 1.165) is 25.9 Å². The van der Waals surface area contributed by atoms with Crippen LogP contribution in [-0.4, -0.2) is 25.3 Å². The number of benzene rings is 1. The molecule has 0 aliphatic rings. The number of ether oxygens (including phenoxy) is 1. The van der Waals surface area contributed by atoms with E-state index in [1.165, 1.54) is 5.56 Å². The van der Waals surface area contributed by atoms with Crippen molar-refractivity contribution in [2.24, 2.45) is 0 Å². The Morgan fingerprint density at radius 3 is 2.69 bits per heavy atom. The topological polar surface area (TPSA) is 12.5 Å². The van der Waals surface area contributed by atoms with Gasteiger partial charge in [-0.05, 0) is 12.0 Å². The van der Waals surface area contributed by atoms with Crippen LogP contribution in [0.1, 0.15) is 18.4 Å². The first kappa shape index (κ1) is 12.8. The van der Waals surface area contributed by atoms with Crippen LogP contribution in [0.4, 0.5) is 0 Å². The molecule has 0 fully saturated rings. The smallest absolute Gasteiger partial charge is 0.0989 e. The van der Waals surface area contributed by atoms with Crippen molar-refractivity contribution in [1.29, 1.82) is 0 Å². The fourth-order valence-electron chi connectivity index (χ4n) is 1.62. The molecular formula is C14H19NO. The van der Waals surface area contributed by atoms with Crippen molar-refractivity contribution in [2.75, 3.05) is 20.4 Å². The summed E-state index contributed by atoms with van der Waals surface area (Å²) in [5, 5.41) is 0. The lowest BCUT2D eigenvalue weighted by atomic mass is 10.2. The molecule has 0 bridgehead atoms. The maximum atomic E-state index is 5.24. The van der Waals surface area contributed by atoms with E-state index in [1.54, 1.807) is 7.11 Å². The lowest BCUT2D eigenvalue weighted by Gasteiger charge is -2.20. The Bertz CT molecular complexity index is 315. The zero-order valence-corrected chi connectivity index (χ0v) is 9.86. The second-order valence-corrected chi connectivity index (χ2v) is 3.76. The fourth-order valence-corrected chi connectivity index (χ4v) is 1.62. The molecule has 0 N–H and O–H groups in total. The number of hydrogen-bond acceptors (Lipinski definition) is 2. The molecule has 1 aromatic rings. The molecule has 0 amide bonds. The molecular weight excluding hydrogens is 198 g/mol. The van der Waals surface area contributed by atoms with Crippen molar-refractivity contribution in [3.63, 3.8) is 0 Å². The Morgan fingerprint density at radius 1 is 1.31 bits per heavy atom. The molecule has 0 aliphatic heterocycles. The molecule has 0 saturated carbocycles. The van der Waals surface area contributed by atoms with Crippen molar-refractivity contribution in [1.82, 2.24) is 4.90 Å². The number of methoxy groups -OCH3 is 1. The third-order valence-corrected chi connectivity index (χ3v) is 2.36. The first-order valence-corrected chi connectivity index (χ1v) is 5.55. The molecule has 0 atom stereocenters. The number of nitrogens with zero attached hydrogens (tertiary/aromatic N) is 1. The zero-order chi connectivity index (χ0) is 11.6. The predicted octanol–water partition coefficient (Wildman–Crippen LogP) is 2.51. The highest BCUT2D eigenvalue weighted by molar-refractivity contribution is 5.14. The van der Waals surface area contributed by atoms with E-state index in [0.29, 0.717) is 6.73 Å². The second-order valence-electron chi connectivity index (χ2n) is 3.76. The Kier molecular flexibility index (Phi) is 6.32. The Hall–Kier alpha value is -1.30. The maximum Gasteiger partial charge on any atom is 0.0989 e. The number of unbranched alkanes of at least 4 members (excludes halogenated alkanes) is 1. The largest absolute Gasteiger partial charge is 0.369 e. The van der Waals surface area contributed by atoms with Crippen LogP contribution in [0.25, 0.3) is 0 Å². The summed E-state index contributed by atoms with van der Waals surface area (Å²) < 4.78 is 5.18. The van der Waals surface area contributed by atoms with Gasteiger partial charge in [-0.25, -0.2) is 0 Å². The molecule has 0 saturated heterocycles. The Labute approximate surface area is 98.2 Å². The molecule has 2 heteroatoms. The van der Waals surface area contributed by atoms with Gasteiger partial charge in [-0.1, -0.05) is 30.3 Å². The maximum absolute atomic E-state index is 5.24. The van der Waals surface area contributed by atoms with Crippen LogP contribution in [0, 0.1) is 12.3 Å². The van der Waals surface area contributed by atoms with Crippen LogP contribution in [-0.2, 0) is 11.3 Å². The van der Waals surface area contributed by atoms with Gasteiger partial charge in [0.2, 0.25) is 0 Å². The quantitative estimate of drug-likeness (QED) is 0.395. The molecule has 16 heavy (non-hydrogen) atoms. The van der Waals surface area contributed by atoms with Crippen LogP contribution in [0.3, 0.4) is 0 Å². The highest BCUT2D eigenvalue weighted by Crippen LogP contribution is 2.05. The van der Waals surface area contributed by atoms with E-state index < -0.39 is 0 Å². The molecule has 2 nitrogen and oxygen atoms in total. The fraction of sp³-hybridized carbons (Fsp3) is 0.429. The lowest BCUT2D eigenvalue weighted by molar-refractivity contribution is 0.0573. The third kappa shape index (κ3) is 4.97. The van der Waals surface area contributed by atoms with Crippen LogP contribution in [0.15, 0.2) is 30.3 Å². The normalized spacial score (nSPS) is 10.3. The van der Waals surface area contributed by atoms with Crippen LogP contribution in [0.2, 0.25) is 0 Å². The van der Waals surface area contributed by atoms with Gasteiger partial charge in [0.05, 0.1) is 6.73 Å². The first-order chi connectivity index (χ1) is 7.86. The van der Waals surface area contributed by atoms with Gasteiger partial charge in [0.1, 0.15) is 0 Å². The molecule has 1 aromatic carbocycles. The van der Waals surface area contributed by atoms with Gasteiger partial charge in [-0.15, -0.1) is 12.3 Å². The summed E-state index contributed by atoms with van der Waals surface area (Å²) in [5.41, 5.74) is 1.31. The minimum Gasteiger partial charge on any atom is -0.369 e. The van der Waals surface area contributed by atoms with E-state index in [1.807, 2.05) is 6.07 Å². The molecule has 86 valence electrons. The van der Waals surface area contributed by atoms with Crippen LogP contribution < -0.4 is 0 Å². The van der Waals surface area contributed by atoms with E-state index in [2.05, 4.69) is 35.1 Å². The standard InChI is InChI=1S/C14H19NO/c1-3-4-8-11-15(13-16-2)12-14-9-6-5-7-10-14/h1,5-7,9-10H,4,8,11-13H2,2H3. The summed E-state index contributed by atoms with van der Waals surface area (Å²) in [6.07, 6.45) is 7.09. The molecule has 0 radical (unpaired) electrons. The minimum atomic E-state index is 0.652. The summed E-state index contributed by atoms with van der Waals surface area (Å²) in [6.45, 7) is 2.55. The van der Waals surface area contributed by atoms with Crippen molar-refractivity contribution in [3.05, 3.63) is 35.9 Å². The number of hydrogen-bond donors (Lipinski definition) is 0. The average Bonchev–Trinajstić information content (AvgIpc) is 2.31. The summed E-state index contributed by atoms with van der Waals surface area (Å²) in [4.78, 5) is 2.26. The number of terminal acetylenes is 1. The summed E-state index contributed by atoms with van der Waals surface area (Å²) in [6, 6.07) is 10.4. The van der Waals surface area contributed by atoms with Gasteiger partial charge in [0.15, 0.2) is 0 Å². The predicted molar refractivity (Wildman–Crippen MR) is 66.8 cm³/mol. The van der Waals surface area contributed by atoms with Crippen molar-refractivity contribution < 1.29 is 4.74 Å². The molecule has 1 rings (SSSR count). The van der Waals surface area contributed by atoms with E-state index >= 15 is 0 Å². The van der Waals surface area contributed by atoms with Crippen molar-refractivity contribution in [3.8, 4) is 12.3 Å². The Morgan fingerprint density at radius 2 is 2.06 bits per heavy atom. The molecule has 0 unspecified atom stereocenters. The lowest BCUT2D eigenvalue weighted by Crippen LogP contribution is -2.26. The van der Waals surface area contributed by atoms with E-state index in [-0.39, 0.29) is 0 Å². The molecule has 0 aliphatic carbocycles. The summed E-state index contributed by atoms with van der Waals surface area (Å²) in [5.74, 6) is 2.66. The SMILES string of the molecule is C#CCCCN(COC)Cc1ccccc1. The van der Waals surface area contributed by atoms with Gasteiger partial charge in [0.25, 0.3) is 0 Å². The van der Waals surface area contributed by atoms with Gasteiger partial charge in [-0.2, -0.15) is 0 Å². The van der Waals surface area contributed by atoms with E-state index in [9.17, 15) is 0 Å². The minimum absolute atomic E-state index is 0.652. The van der Waals surface area contributed by atoms with Crippen LogP contribution in [0.5, 0.6) is 0 Å². The van der Waals surface area contributed by atoms with Gasteiger partial charge >= 0.3 is 0 Å². The zero-order valence-electron chi connectivity index (χ0n) is 9.86. The molecule has 0 aromatic heterocycles. The van der Waals surface area contributed by atoms with Gasteiger partial charge < -0.3 is 4.74 Å². The monoisotopic (exact) mass is 217 g/mol.